The molecular weight excluding hydrogens is 128 g/mol. The molecule has 0 bridgehead atoms. The molecule has 0 aromatic rings. The maximum Gasteiger partial charge on any atom is 0.0379 e. The molecule has 0 aliphatic carbocycles. The first-order valence-electron chi connectivity index (χ1n) is 3.79. The topological polar surface area (TPSA) is 67.3 Å². The zero-order chi connectivity index (χ0) is 7.40. The maximum absolute atomic E-state index is 5.70. The van der Waals surface area contributed by atoms with Gasteiger partial charge in [-0.3, -0.25) is 17.1 Å². The van der Waals surface area contributed by atoms with Crippen molar-refractivity contribution < 1.29 is 0 Å². The van der Waals surface area contributed by atoms with E-state index in [2.05, 4.69) is 5.43 Å². The minimum Gasteiger partial charge on any atom is -0.271 e. The molecule has 1 heterocycles. The third kappa shape index (κ3) is 1.91. The van der Waals surface area contributed by atoms with Crippen molar-refractivity contribution in [3.05, 3.63) is 0 Å². The number of rotatable bonds is 2. The van der Waals surface area contributed by atoms with E-state index < -0.39 is 0 Å². The SMILES string of the molecule is NNCC1CCCCN1N. The maximum atomic E-state index is 5.70. The van der Waals surface area contributed by atoms with E-state index >= 15 is 0 Å². The van der Waals surface area contributed by atoms with E-state index in [9.17, 15) is 0 Å². The van der Waals surface area contributed by atoms with Gasteiger partial charge >= 0.3 is 0 Å². The molecule has 0 spiro atoms. The molecule has 0 radical (unpaired) electrons. The second-order valence-electron chi connectivity index (χ2n) is 2.80. The first kappa shape index (κ1) is 7.94. The number of hydrazine groups is 2. The van der Waals surface area contributed by atoms with Crippen molar-refractivity contribution in [1.82, 2.24) is 10.4 Å². The normalized spacial score (nSPS) is 28.8. The molecule has 1 saturated heterocycles. The minimum atomic E-state index is 0.443. The van der Waals surface area contributed by atoms with Crippen LogP contribution in [-0.4, -0.2) is 24.1 Å². The second kappa shape index (κ2) is 3.88. The van der Waals surface area contributed by atoms with Crippen LogP contribution in [-0.2, 0) is 0 Å². The number of nitrogens with one attached hydrogen (secondary N) is 1. The van der Waals surface area contributed by atoms with Crippen molar-refractivity contribution in [2.75, 3.05) is 13.1 Å². The van der Waals surface area contributed by atoms with Gasteiger partial charge in [-0.2, -0.15) is 0 Å². The number of hydrogen-bond donors (Lipinski definition) is 3. The van der Waals surface area contributed by atoms with Crippen LogP contribution in [0.15, 0.2) is 0 Å². The molecule has 0 amide bonds. The lowest BCUT2D eigenvalue weighted by atomic mass is 10.0. The van der Waals surface area contributed by atoms with Crippen molar-refractivity contribution in [2.45, 2.75) is 25.3 Å². The van der Waals surface area contributed by atoms with Crippen LogP contribution >= 0.6 is 0 Å². The Labute approximate surface area is 61.5 Å². The average molecular weight is 144 g/mol. The van der Waals surface area contributed by atoms with Crippen LogP contribution in [0.1, 0.15) is 19.3 Å². The third-order valence-electron chi connectivity index (χ3n) is 2.03. The van der Waals surface area contributed by atoms with Crippen LogP contribution in [0.25, 0.3) is 0 Å². The van der Waals surface area contributed by atoms with Gasteiger partial charge in [0.15, 0.2) is 0 Å². The summed E-state index contributed by atoms with van der Waals surface area (Å²) < 4.78 is 0. The summed E-state index contributed by atoms with van der Waals surface area (Å²) in [7, 11) is 0. The monoisotopic (exact) mass is 144 g/mol. The molecule has 4 nitrogen and oxygen atoms in total. The minimum absolute atomic E-state index is 0.443. The molecule has 1 aliphatic rings. The molecular formula is C6H16N4. The lowest BCUT2D eigenvalue weighted by Crippen LogP contribution is -2.50. The predicted molar refractivity (Wildman–Crippen MR) is 40.7 cm³/mol. The molecule has 0 aromatic heterocycles. The number of nitrogens with two attached hydrogens (primary N) is 2. The number of piperidine rings is 1. The summed E-state index contributed by atoms with van der Waals surface area (Å²) in [5.74, 6) is 10.9. The van der Waals surface area contributed by atoms with Crippen LogP contribution in [0.5, 0.6) is 0 Å². The highest BCUT2D eigenvalue weighted by Crippen LogP contribution is 2.11. The zero-order valence-corrected chi connectivity index (χ0v) is 6.21. The van der Waals surface area contributed by atoms with Gasteiger partial charge in [0.2, 0.25) is 0 Å². The lowest BCUT2D eigenvalue weighted by molar-refractivity contribution is 0.148. The summed E-state index contributed by atoms with van der Waals surface area (Å²) in [6.45, 7) is 1.81. The largest absolute Gasteiger partial charge is 0.271 e. The lowest BCUT2D eigenvalue weighted by Gasteiger charge is -2.31. The Bertz CT molecular complexity index is 93.7. The van der Waals surface area contributed by atoms with Crippen LogP contribution < -0.4 is 17.1 Å². The molecule has 1 aliphatic heterocycles. The quantitative estimate of drug-likeness (QED) is 0.350. The summed E-state index contributed by atoms with van der Waals surface area (Å²) in [4.78, 5) is 0. The molecule has 5 N–H and O–H groups in total. The van der Waals surface area contributed by atoms with Gasteiger partial charge in [-0.1, -0.05) is 6.42 Å². The highest BCUT2D eigenvalue weighted by atomic mass is 15.4. The van der Waals surface area contributed by atoms with E-state index in [1.54, 1.807) is 0 Å². The average Bonchev–Trinajstić information content (AvgIpc) is 1.94. The van der Waals surface area contributed by atoms with E-state index in [1.807, 2.05) is 5.01 Å². The van der Waals surface area contributed by atoms with Gasteiger partial charge in [-0.15, -0.1) is 0 Å². The van der Waals surface area contributed by atoms with Gasteiger partial charge in [0.05, 0.1) is 0 Å². The standard InChI is InChI=1S/C6H16N4/c7-9-5-6-3-1-2-4-10(6)8/h6,9H,1-5,7-8H2. The van der Waals surface area contributed by atoms with Gasteiger partial charge in [-0.05, 0) is 12.8 Å². The fourth-order valence-corrected chi connectivity index (χ4v) is 1.38. The Morgan fingerprint density at radius 1 is 1.50 bits per heavy atom. The Morgan fingerprint density at radius 2 is 2.30 bits per heavy atom. The fraction of sp³-hybridized carbons (Fsp3) is 1.00. The Hall–Kier alpha value is -0.160. The van der Waals surface area contributed by atoms with E-state index in [0.717, 1.165) is 13.1 Å². The van der Waals surface area contributed by atoms with Crippen molar-refractivity contribution in [2.24, 2.45) is 11.7 Å². The number of nitrogens with zero attached hydrogens (tertiary/aromatic N) is 1. The molecule has 1 atom stereocenters. The Morgan fingerprint density at radius 3 is 2.90 bits per heavy atom. The molecule has 10 heavy (non-hydrogen) atoms. The van der Waals surface area contributed by atoms with E-state index in [0.29, 0.717) is 6.04 Å². The van der Waals surface area contributed by atoms with Gasteiger partial charge in [-0.25, -0.2) is 5.01 Å². The molecule has 60 valence electrons. The summed E-state index contributed by atoms with van der Waals surface area (Å²) in [5.41, 5.74) is 2.65. The highest BCUT2D eigenvalue weighted by molar-refractivity contribution is 4.73. The third-order valence-corrected chi connectivity index (χ3v) is 2.03. The molecule has 0 saturated carbocycles. The van der Waals surface area contributed by atoms with Crippen molar-refractivity contribution in [1.29, 1.82) is 0 Å². The Kier molecular flexibility index (Phi) is 3.08. The van der Waals surface area contributed by atoms with Crippen molar-refractivity contribution in [3.8, 4) is 0 Å². The molecule has 4 heteroatoms. The Balaban J connectivity index is 2.25. The summed E-state index contributed by atoms with van der Waals surface area (Å²) in [5, 5.41) is 1.88. The van der Waals surface area contributed by atoms with Gasteiger partial charge in [0, 0.05) is 19.1 Å². The molecule has 1 fully saturated rings. The van der Waals surface area contributed by atoms with Crippen LogP contribution in [0.2, 0.25) is 0 Å². The smallest absolute Gasteiger partial charge is 0.0379 e. The first-order chi connectivity index (χ1) is 4.84. The molecule has 1 rings (SSSR count). The van der Waals surface area contributed by atoms with Crippen molar-refractivity contribution in [3.63, 3.8) is 0 Å². The van der Waals surface area contributed by atoms with E-state index in [-0.39, 0.29) is 0 Å². The molecule has 1 unspecified atom stereocenters. The zero-order valence-electron chi connectivity index (χ0n) is 6.21. The van der Waals surface area contributed by atoms with Crippen LogP contribution in [0.4, 0.5) is 0 Å². The van der Waals surface area contributed by atoms with E-state index in [4.69, 9.17) is 11.7 Å². The summed E-state index contributed by atoms with van der Waals surface area (Å²) in [6, 6.07) is 0.443. The summed E-state index contributed by atoms with van der Waals surface area (Å²) in [6.07, 6.45) is 3.66. The predicted octanol–water partition coefficient (Wildman–Crippen LogP) is -0.822. The second-order valence-corrected chi connectivity index (χ2v) is 2.80. The molecule has 0 aromatic carbocycles. The van der Waals surface area contributed by atoms with Crippen LogP contribution in [0.3, 0.4) is 0 Å². The number of hydrogen-bond acceptors (Lipinski definition) is 4. The van der Waals surface area contributed by atoms with Gasteiger partial charge < -0.3 is 0 Å². The fourth-order valence-electron chi connectivity index (χ4n) is 1.38. The van der Waals surface area contributed by atoms with Gasteiger partial charge in [0.25, 0.3) is 0 Å². The van der Waals surface area contributed by atoms with Gasteiger partial charge in [0.1, 0.15) is 0 Å². The summed E-state index contributed by atoms with van der Waals surface area (Å²) >= 11 is 0. The van der Waals surface area contributed by atoms with E-state index in [1.165, 1.54) is 19.3 Å². The highest BCUT2D eigenvalue weighted by Gasteiger charge is 2.17. The van der Waals surface area contributed by atoms with Crippen molar-refractivity contribution >= 4 is 0 Å². The first-order valence-corrected chi connectivity index (χ1v) is 3.79. The van der Waals surface area contributed by atoms with Crippen LogP contribution in [0, 0.1) is 0 Å².